The molecule has 0 aliphatic carbocycles. The predicted octanol–water partition coefficient (Wildman–Crippen LogP) is 2.84. The molecule has 1 aliphatic rings. The van der Waals surface area contributed by atoms with E-state index in [4.69, 9.17) is 0 Å². The second kappa shape index (κ2) is 6.16. The first-order valence-electron chi connectivity index (χ1n) is 7.57. The molecule has 1 saturated heterocycles. The number of halogens is 1. The lowest BCUT2D eigenvalue weighted by atomic mass is 9.91. The lowest BCUT2D eigenvalue weighted by Gasteiger charge is -2.48. The summed E-state index contributed by atoms with van der Waals surface area (Å²) in [6.45, 7) is 12.1. The van der Waals surface area contributed by atoms with E-state index in [9.17, 15) is 0 Å². The van der Waals surface area contributed by atoms with E-state index in [-0.39, 0.29) is 5.54 Å². The largest absolute Gasteiger partial charge is 0.311 e. The average Bonchev–Trinajstić information content (AvgIpc) is 2.67. The van der Waals surface area contributed by atoms with Gasteiger partial charge in [0.05, 0.1) is 15.9 Å². The van der Waals surface area contributed by atoms with E-state index in [0.29, 0.717) is 6.04 Å². The fourth-order valence-corrected chi connectivity index (χ4v) is 3.40. The van der Waals surface area contributed by atoms with E-state index in [1.807, 2.05) is 11.7 Å². The molecule has 1 aromatic heterocycles. The van der Waals surface area contributed by atoms with Gasteiger partial charge in [-0.15, -0.1) is 0 Å². The highest BCUT2D eigenvalue weighted by Gasteiger charge is 2.36. The Morgan fingerprint density at radius 1 is 1.45 bits per heavy atom. The van der Waals surface area contributed by atoms with Crippen LogP contribution in [0.3, 0.4) is 0 Å². The van der Waals surface area contributed by atoms with Crippen LogP contribution in [-0.2, 0) is 13.6 Å². The Bertz CT molecular complexity index is 471. The fraction of sp³-hybridized carbons (Fsp3) is 0.800. The minimum absolute atomic E-state index is 0.225. The molecule has 2 rings (SSSR count). The molecule has 0 amide bonds. The summed E-state index contributed by atoms with van der Waals surface area (Å²) >= 11 is 3.69. The highest BCUT2D eigenvalue weighted by molar-refractivity contribution is 9.10. The zero-order valence-electron chi connectivity index (χ0n) is 13.3. The van der Waals surface area contributed by atoms with Crippen LogP contribution in [0.15, 0.2) is 4.47 Å². The number of nitrogens with one attached hydrogen (secondary N) is 1. The topological polar surface area (TPSA) is 33.1 Å². The van der Waals surface area contributed by atoms with Crippen molar-refractivity contribution in [3.8, 4) is 0 Å². The maximum absolute atomic E-state index is 4.52. The maximum Gasteiger partial charge on any atom is 0.0739 e. The lowest BCUT2D eigenvalue weighted by molar-refractivity contribution is 0.0386. The molecule has 0 radical (unpaired) electrons. The monoisotopic (exact) mass is 342 g/mol. The first kappa shape index (κ1) is 16.0. The number of hydrogen-bond acceptors (Lipinski definition) is 3. The smallest absolute Gasteiger partial charge is 0.0739 e. The number of hydrogen-bond donors (Lipinski definition) is 1. The van der Waals surface area contributed by atoms with Gasteiger partial charge in [-0.1, -0.05) is 13.8 Å². The Balaban J connectivity index is 2.23. The normalized spacial score (nSPS) is 28.0. The Morgan fingerprint density at radius 2 is 2.15 bits per heavy atom. The number of piperazine rings is 1. The number of rotatable bonds is 4. The van der Waals surface area contributed by atoms with E-state index in [1.54, 1.807) is 0 Å². The Kier molecular flexibility index (Phi) is 4.92. The summed E-state index contributed by atoms with van der Waals surface area (Å²) in [5, 5.41) is 8.20. The summed E-state index contributed by atoms with van der Waals surface area (Å²) in [5.74, 6) is 0. The van der Waals surface area contributed by atoms with Gasteiger partial charge in [0, 0.05) is 38.3 Å². The van der Waals surface area contributed by atoms with Crippen LogP contribution in [0.25, 0.3) is 0 Å². The van der Waals surface area contributed by atoms with Crippen molar-refractivity contribution in [3.05, 3.63) is 15.9 Å². The van der Waals surface area contributed by atoms with Crippen LogP contribution in [0.4, 0.5) is 0 Å². The molecular weight excluding hydrogens is 316 g/mol. The number of nitrogens with zero attached hydrogens (tertiary/aromatic N) is 3. The first-order chi connectivity index (χ1) is 9.41. The molecule has 114 valence electrons. The van der Waals surface area contributed by atoms with Gasteiger partial charge in [0.2, 0.25) is 0 Å². The maximum atomic E-state index is 4.52. The Labute approximate surface area is 131 Å². The van der Waals surface area contributed by atoms with E-state index in [0.717, 1.165) is 36.2 Å². The van der Waals surface area contributed by atoms with E-state index in [2.05, 4.69) is 58.9 Å². The molecule has 20 heavy (non-hydrogen) atoms. The molecule has 1 fully saturated rings. The highest BCUT2D eigenvalue weighted by atomic mass is 79.9. The highest BCUT2D eigenvalue weighted by Crippen LogP contribution is 2.29. The summed E-state index contributed by atoms with van der Waals surface area (Å²) < 4.78 is 3.17. The van der Waals surface area contributed by atoms with Crippen molar-refractivity contribution < 1.29 is 0 Å². The fourth-order valence-electron chi connectivity index (χ4n) is 2.94. The van der Waals surface area contributed by atoms with Crippen LogP contribution in [0, 0.1) is 6.92 Å². The third-order valence-corrected chi connectivity index (χ3v) is 5.86. The molecule has 2 atom stereocenters. The summed E-state index contributed by atoms with van der Waals surface area (Å²) in [4.78, 5) is 2.62. The van der Waals surface area contributed by atoms with E-state index in [1.165, 1.54) is 12.1 Å². The van der Waals surface area contributed by atoms with Crippen molar-refractivity contribution >= 4 is 15.9 Å². The van der Waals surface area contributed by atoms with Crippen LogP contribution in [0.2, 0.25) is 0 Å². The van der Waals surface area contributed by atoms with Gasteiger partial charge in [0.15, 0.2) is 0 Å². The first-order valence-corrected chi connectivity index (χ1v) is 8.37. The predicted molar refractivity (Wildman–Crippen MR) is 86.8 cm³/mol. The molecule has 1 N–H and O–H groups in total. The van der Waals surface area contributed by atoms with Crippen molar-refractivity contribution in [3.63, 3.8) is 0 Å². The van der Waals surface area contributed by atoms with Gasteiger partial charge in [0.25, 0.3) is 0 Å². The molecule has 0 saturated carbocycles. The van der Waals surface area contributed by atoms with Crippen molar-refractivity contribution in [2.75, 3.05) is 13.1 Å². The molecular formula is C15H27BrN4. The van der Waals surface area contributed by atoms with E-state index >= 15 is 0 Å². The molecule has 5 heteroatoms. The molecule has 0 aromatic carbocycles. The zero-order valence-corrected chi connectivity index (χ0v) is 14.9. The summed E-state index contributed by atoms with van der Waals surface area (Å²) in [7, 11) is 2.04. The van der Waals surface area contributed by atoms with Crippen LogP contribution in [-0.4, -0.2) is 39.4 Å². The quantitative estimate of drug-likeness (QED) is 0.913. The molecule has 0 spiro atoms. The van der Waals surface area contributed by atoms with Crippen molar-refractivity contribution in [1.82, 2.24) is 20.0 Å². The molecule has 4 nitrogen and oxygen atoms in total. The third kappa shape index (κ3) is 2.95. The van der Waals surface area contributed by atoms with Gasteiger partial charge in [-0.25, -0.2) is 0 Å². The standard InChI is InChI=1S/C15H27BrN4/c1-6-12-8-20(15(4,7-2)10-17-12)9-13-14(16)11(3)18-19(13)5/h12,17H,6-10H2,1-5H3. The third-order valence-electron chi connectivity index (χ3n) is 4.83. The van der Waals surface area contributed by atoms with Gasteiger partial charge in [-0.3, -0.25) is 9.58 Å². The molecule has 1 aliphatic heterocycles. The second-order valence-corrected chi connectivity index (χ2v) is 6.98. The molecule has 2 heterocycles. The average molecular weight is 343 g/mol. The number of aromatic nitrogens is 2. The van der Waals surface area contributed by atoms with Crippen LogP contribution in [0.1, 0.15) is 45.0 Å². The van der Waals surface area contributed by atoms with Gasteiger partial charge in [-0.05, 0) is 42.6 Å². The number of aryl methyl sites for hydroxylation is 2. The van der Waals surface area contributed by atoms with Crippen molar-refractivity contribution in [1.29, 1.82) is 0 Å². The van der Waals surface area contributed by atoms with Gasteiger partial charge in [-0.2, -0.15) is 5.10 Å². The van der Waals surface area contributed by atoms with Gasteiger partial charge in [0.1, 0.15) is 0 Å². The Hall–Kier alpha value is -0.390. The molecule has 2 unspecified atom stereocenters. The molecule has 0 bridgehead atoms. The van der Waals surface area contributed by atoms with Crippen molar-refractivity contribution in [2.45, 2.75) is 58.7 Å². The molecule has 1 aromatic rings. The van der Waals surface area contributed by atoms with Gasteiger partial charge < -0.3 is 5.32 Å². The summed E-state index contributed by atoms with van der Waals surface area (Å²) in [6.07, 6.45) is 2.34. The van der Waals surface area contributed by atoms with Crippen LogP contribution >= 0.6 is 15.9 Å². The minimum atomic E-state index is 0.225. The van der Waals surface area contributed by atoms with Crippen LogP contribution in [0.5, 0.6) is 0 Å². The van der Waals surface area contributed by atoms with Crippen LogP contribution < -0.4 is 5.32 Å². The second-order valence-electron chi connectivity index (χ2n) is 6.19. The van der Waals surface area contributed by atoms with Gasteiger partial charge >= 0.3 is 0 Å². The Morgan fingerprint density at radius 3 is 2.65 bits per heavy atom. The zero-order chi connectivity index (χ0) is 14.9. The van der Waals surface area contributed by atoms with E-state index < -0.39 is 0 Å². The van der Waals surface area contributed by atoms with Crippen molar-refractivity contribution in [2.24, 2.45) is 7.05 Å². The lowest BCUT2D eigenvalue weighted by Crippen LogP contribution is -2.62. The summed E-state index contributed by atoms with van der Waals surface area (Å²) in [6, 6.07) is 0.600. The summed E-state index contributed by atoms with van der Waals surface area (Å²) in [5.41, 5.74) is 2.57. The SMILES string of the molecule is CCC1CN(Cc2c(Br)c(C)nn2C)C(C)(CC)CN1. The minimum Gasteiger partial charge on any atom is -0.311 e.